The Hall–Kier alpha value is -18.9. The third-order valence-electron chi connectivity index (χ3n) is 31.0. The standard InChI is InChI=1S/C38H26.C36H26.C31H23N.C22H17N.C21H16/c1-2-10-28(11-3-1)29-21-18-26(19-22-29)24-27-20-23-33-32-14-6-9-17-36(32)38(37(33)25-27)34-15-7-4-12-30(34)31-13-5-8-16-35(31)38;1-3-15-29(16-4-1)36(30-17-5-2-6-18-30)34-21-10-9-20-32(34)33-23-22-26(25-35(33)36)24-28-14-11-13-27-12-7-8-19-31(27)28;1-4-12-23(13-5-1)31(24-14-6-2-7-15-24)29-19-11-10-18-27(29)28-21-20-26(22-30(28)31)32-25-16-8-3-9-17-25;1-2-7-17(8-3-1)18-13-15-20(16-14-18)23-22-12-6-10-19-9-4-5-11-21(19)22;1-2-8-19-14-16(12-13-17(19)6-1)15-20-10-5-9-18-7-3-4-11-21(18)20/h1-23,25H,24H2;1-23,25H,24H2;1-22,32H;1-16,23H;1-14H,15H2. The first kappa shape index (κ1) is 92.3. The maximum atomic E-state index is 3.60. The zero-order chi connectivity index (χ0) is 100.0. The van der Waals surface area contributed by atoms with Gasteiger partial charge < -0.3 is 10.6 Å². The molecule has 1 spiro atoms. The van der Waals surface area contributed by atoms with E-state index in [1.807, 2.05) is 12.1 Å². The van der Waals surface area contributed by atoms with Gasteiger partial charge in [-0.1, -0.05) is 564 Å². The molecule has 2 nitrogen and oxygen atoms in total. The first-order chi connectivity index (χ1) is 74.4. The molecule has 0 saturated carbocycles. The molecule has 0 amide bonds. The Morgan fingerprint density at radius 1 is 0.140 bits per heavy atom. The van der Waals surface area contributed by atoms with Crippen LogP contribution in [0.5, 0.6) is 0 Å². The Balaban J connectivity index is 0.0000000987. The summed E-state index contributed by atoms with van der Waals surface area (Å²) in [5, 5.41) is 17.5. The Morgan fingerprint density at radius 2 is 0.420 bits per heavy atom. The molecule has 0 fully saturated rings. The highest BCUT2D eigenvalue weighted by atomic mass is 14.9. The van der Waals surface area contributed by atoms with Crippen molar-refractivity contribution in [3.8, 4) is 66.8 Å². The van der Waals surface area contributed by atoms with Gasteiger partial charge in [-0.05, 0) is 266 Å². The van der Waals surface area contributed by atoms with Gasteiger partial charge in [-0.3, -0.25) is 0 Å². The molecule has 2 heteroatoms. The van der Waals surface area contributed by atoms with Gasteiger partial charge in [0.1, 0.15) is 0 Å². The highest BCUT2D eigenvalue weighted by molar-refractivity contribution is 5.99. The Morgan fingerprint density at radius 3 is 0.867 bits per heavy atom. The number of fused-ring (bicyclic) bond motifs is 20. The summed E-state index contributed by atoms with van der Waals surface area (Å²) in [6, 6.07) is 219. The summed E-state index contributed by atoms with van der Waals surface area (Å²) in [5.41, 5.74) is 43.5. The number of nitrogens with one attached hydrogen (secondary N) is 2. The van der Waals surface area contributed by atoms with Gasteiger partial charge in [0, 0.05) is 28.1 Å². The van der Waals surface area contributed by atoms with Crippen molar-refractivity contribution >= 4 is 65.8 Å². The highest BCUT2D eigenvalue weighted by Gasteiger charge is 2.52. The SMILES string of the molecule is c1ccc(-c2ccc(Cc3ccc4c(c3)C3(c5ccccc5-c5ccccc53)c3ccccc3-4)cc2)cc1.c1ccc(-c2ccc(Nc3cccc4ccccc34)cc2)cc1.c1ccc(C2(c3ccccc3)c3ccccc3-c3ccc(Cc4cccc5ccccc45)cc32)cc1.c1ccc(Nc2ccc3c(c2)C(c2ccccc2)(c2ccccc2)c2ccccc2-3)cc1.c1ccc2cc(Cc3cccc4ccccc34)ccc2c1. The lowest BCUT2D eigenvalue weighted by Gasteiger charge is -2.34. The quantitative estimate of drug-likeness (QED) is 0.101. The van der Waals surface area contributed by atoms with Crippen molar-refractivity contribution in [1.29, 1.82) is 0 Å². The third-order valence-corrected chi connectivity index (χ3v) is 31.0. The largest absolute Gasteiger partial charge is 0.356 e. The summed E-state index contributed by atoms with van der Waals surface area (Å²) < 4.78 is 0. The lowest BCUT2D eigenvalue weighted by Crippen LogP contribution is -2.28. The first-order valence-electron chi connectivity index (χ1n) is 52.3. The zero-order valence-corrected chi connectivity index (χ0v) is 83.4. The minimum atomic E-state index is -0.358. The van der Waals surface area contributed by atoms with Crippen molar-refractivity contribution in [3.05, 3.63) is 707 Å². The molecule has 710 valence electrons. The van der Waals surface area contributed by atoms with Crippen molar-refractivity contribution in [1.82, 2.24) is 0 Å². The number of para-hydroxylation sites is 1. The van der Waals surface area contributed by atoms with E-state index in [1.54, 1.807) is 0 Å². The Labute approximate surface area is 879 Å². The summed E-state index contributed by atoms with van der Waals surface area (Å²) in [4.78, 5) is 0. The smallest absolute Gasteiger partial charge is 0.0725 e. The Kier molecular flexibility index (Phi) is 25.2. The molecule has 0 saturated heterocycles. The fraction of sp³-hybridized carbons (Fsp3) is 0.0405. The van der Waals surface area contributed by atoms with Gasteiger partial charge in [-0.2, -0.15) is 0 Å². The minimum absolute atomic E-state index is 0.272. The fourth-order valence-electron chi connectivity index (χ4n) is 24.3. The average Bonchev–Trinajstić information content (AvgIpc) is 1.48. The van der Waals surface area contributed by atoms with Crippen molar-refractivity contribution in [3.63, 3.8) is 0 Å². The second-order valence-electron chi connectivity index (χ2n) is 39.6. The predicted octanol–water partition coefficient (Wildman–Crippen LogP) is 37.7. The van der Waals surface area contributed by atoms with E-state index < -0.39 is 0 Å². The Bertz CT molecular complexity index is 9020. The van der Waals surface area contributed by atoms with Gasteiger partial charge in [-0.15, -0.1) is 0 Å². The topological polar surface area (TPSA) is 24.1 Å². The van der Waals surface area contributed by atoms with E-state index in [9.17, 15) is 0 Å². The normalized spacial score (nSPS) is 12.6. The van der Waals surface area contributed by atoms with Gasteiger partial charge in [0.25, 0.3) is 0 Å². The van der Waals surface area contributed by atoms with Crippen LogP contribution in [0.1, 0.15) is 100 Å². The van der Waals surface area contributed by atoms with E-state index in [0.717, 1.165) is 42.0 Å². The van der Waals surface area contributed by atoms with Crippen LogP contribution in [0.2, 0.25) is 0 Å². The van der Waals surface area contributed by atoms with E-state index in [2.05, 4.69) is 605 Å². The van der Waals surface area contributed by atoms with E-state index >= 15 is 0 Å². The molecule has 0 aliphatic heterocycles. The number of anilines is 4. The highest BCUT2D eigenvalue weighted by Crippen LogP contribution is 2.64. The van der Waals surface area contributed by atoms with E-state index in [4.69, 9.17) is 0 Å². The molecule has 0 radical (unpaired) electrons. The van der Waals surface area contributed by atoms with Crippen molar-refractivity contribution in [2.24, 2.45) is 0 Å². The monoisotopic (exact) mass is 1910 g/mol. The molecule has 0 aromatic heterocycles. The summed E-state index contributed by atoms with van der Waals surface area (Å²) in [7, 11) is 0. The molecule has 29 rings (SSSR count). The van der Waals surface area contributed by atoms with Crippen LogP contribution in [0.25, 0.3) is 110 Å². The fourth-order valence-corrected chi connectivity index (χ4v) is 24.3. The molecule has 25 aromatic rings. The van der Waals surface area contributed by atoms with Gasteiger partial charge >= 0.3 is 0 Å². The van der Waals surface area contributed by atoms with Crippen LogP contribution < -0.4 is 10.6 Å². The lowest BCUT2D eigenvalue weighted by molar-refractivity contribution is 0.767. The molecule has 25 aromatic carbocycles. The first-order valence-corrected chi connectivity index (χ1v) is 52.3. The molecule has 4 aliphatic carbocycles. The summed E-state index contributed by atoms with van der Waals surface area (Å²) in [6.07, 6.45) is 2.80. The number of rotatable bonds is 16. The van der Waals surface area contributed by atoms with Crippen molar-refractivity contribution in [2.45, 2.75) is 35.5 Å². The number of hydrogen-bond acceptors (Lipinski definition) is 2. The molecule has 0 unspecified atom stereocenters. The van der Waals surface area contributed by atoms with Gasteiger partial charge in [0.15, 0.2) is 0 Å². The van der Waals surface area contributed by atoms with Gasteiger partial charge in [-0.25, -0.2) is 0 Å². The summed E-state index contributed by atoms with van der Waals surface area (Å²) >= 11 is 0. The number of hydrogen-bond donors (Lipinski definition) is 2. The molecule has 4 aliphatic rings. The molecule has 0 atom stereocenters. The van der Waals surface area contributed by atoms with Gasteiger partial charge in [0.2, 0.25) is 0 Å². The van der Waals surface area contributed by atoms with E-state index in [-0.39, 0.29) is 16.2 Å². The van der Waals surface area contributed by atoms with Gasteiger partial charge in [0.05, 0.1) is 16.2 Å². The molecule has 0 heterocycles. The second kappa shape index (κ2) is 41.0. The third kappa shape index (κ3) is 17.3. The molecular weight excluding hydrogens is 1810 g/mol. The second-order valence-corrected chi connectivity index (χ2v) is 39.6. The van der Waals surface area contributed by atoms with Crippen LogP contribution >= 0.6 is 0 Å². The van der Waals surface area contributed by atoms with E-state index in [0.29, 0.717) is 0 Å². The average molecular weight is 1910 g/mol. The maximum absolute atomic E-state index is 3.60. The van der Waals surface area contributed by atoms with Crippen LogP contribution in [0.3, 0.4) is 0 Å². The molecule has 2 N–H and O–H groups in total. The molecule has 150 heavy (non-hydrogen) atoms. The maximum Gasteiger partial charge on any atom is 0.0725 e. The molecular formula is C148H108N2. The minimum Gasteiger partial charge on any atom is -0.356 e. The zero-order valence-electron chi connectivity index (χ0n) is 83.4. The lowest BCUT2D eigenvalue weighted by atomic mass is 9.67. The van der Waals surface area contributed by atoms with E-state index in [1.165, 1.54) is 210 Å². The van der Waals surface area contributed by atoms with Crippen LogP contribution in [0, 0.1) is 0 Å². The van der Waals surface area contributed by atoms with Crippen LogP contribution in [0.15, 0.2) is 607 Å². The molecule has 0 bridgehead atoms. The van der Waals surface area contributed by atoms with Crippen molar-refractivity contribution in [2.75, 3.05) is 10.6 Å². The summed E-state index contributed by atoms with van der Waals surface area (Å²) in [5.74, 6) is 0. The number of benzene rings is 25. The van der Waals surface area contributed by atoms with Crippen LogP contribution in [0.4, 0.5) is 22.7 Å². The van der Waals surface area contributed by atoms with Crippen molar-refractivity contribution < 1.29 is 0 Å². The predicted molar refractivity (Wildman–Crippen MR) is 631 cm³/mol. The summed E-state index contributed by atoms with van der Waals surface area (Å²) in [6.45, 7) is 0. The van der Waals surface area contributed by atoms with Crippen LogP contribution in [-0.2, 0) is 35.5 Å². The van der Waals surface area contributed by atoms with Crippen LogP contribution in [-0.4, -0.2) is 0 Å².